The summed E-state index contributed by atoms with van der Waals surface area (Å²) in [5, 5.41) is 8.30. The number of rotatable bonds is 2. The Bertz CT molecular complexity index is 546. The van der Waals surface area contributed by atoms with Gasteiger partial charge >= 0.3 is 6.03 Å². The Morgan fingerprint density at radius 2 is 2.15 bits per heavy atom. The second kappa shape index (κ2) is 5.13. The zero-order chi connectivity index (χ0) is 14.1. The van der Waals surface area contributed by atoms with Gasteiger partial charge in [0.15, 0.2) is 0 Å². The normalized spacial score (nSPS) is 29.1. The lowest BCUT2D eigenvalue weighted by Crippen LogP contribution is -2.66. The molecule has 6 nitrogen and oxygen atoms in total. The Kier molecular flexibility index (Phi) is 3.31. The molecule has 20 heavy (non-hydrogen) atoms. The first kappa shape index (κ1) is 12.9. The summed E-state index contributed by atoms with van der Waals surface area (Å²) in [5.74, 6) is 0.321. The summed E-state index contributed by atoms with van der Waals surface area (Å²) in [6, 6.07) is 7.32. The van der Waals surface area contributed by atoms with E-state index in [-0.39, 0.29) is 23.9 Å². The topological polar surface area (TPSA) is 79.5 Å². The number of amides is 3. The van der Waals surface area contributed by atoms with E-state index in [2.05, 4.69) is 16.0 Å². The number of fused-ring (bicyclic) bond motifs is 1. The summed E-state index contributed by atoms with van der Waals surface area (Å²) in [6.45, 7) is 0.761. The van der Waals surface area contributed by atoms with Gasteiger partial charge in [-0.05, 0) is 30.7 Å². The molecule has 0 bridgehead atoms. The van der Waals surface area contributed by atoms with Crippen LogP contribution in [0.5, 0.6) is 5.75 Å². The molecule has 3 atom stereocenters. The molecule has 3 rings (SSSR count). The van der Waals surface area contributed by atoms with Crippen molar-refractivity contribution in [2.24, 2.45) is 5.92 Å². The number of carbonyl (C=O) groups excluding carboxylic acids is 2. The maximum absolute atomic E-state index is 12.1. The maximum atomic E-state index is 12.1. The van der Waals surface area contributed by atoms with Crippen LogP contribution >= 0.6 is 0 Å². The number of imide groups is 1. The van der Waals surface area contributed by atoms with E-state index in [1.54, 1.807) is 7.11 Å². The van der Waals surface area contributed by atoms with E-state index in [1.807, 2.05) is 24.3 Å². The fraction of sp³-hybridized carbons (Fsp3) is 0.429. The monoisotopic (exact) mass is 275 g/mol. The van der Waals surface area contributed by atoms with Crippen molar-refractivity contribution in [1.82, 2.24) is 16.0 Å². The average Bonchev–Trinajstić information content (AvgIpc) is 2.46. The Labute approximate surface area is 116 Å². The second-order valence-corrected chi connectivity index (χ2v) is 5.09. The number of hydrogen-bond donors (Lipinski definition) is 3. The van der Waals surface area contributed by atoms with Crippen LogP contribution in [0.3, 0.4) is 0 Å². The Morgan fingerprint density at radius 1 is 1.30 bits per heavy atom. The number of urea groups is 1. The van der Waals surface area contributed by atoms with Gasteiger partial charge in [0.1, 0.15) is 5.75 Å². The summed E-state index contributed by atoms with van der Waals surface area (Å²) in [7, 11) is 1.62. The van der Waals surface area contributed by atoms with Gasteiger partial charge in [0.2, 0.25) is 5.91 Å². The number of ether oxygens (including phenoxy) is 1. The Hall–Kier alpha value is -2.08. The molecule has 3 unspecified atom stereocenters. The molecule has 1 aromatic carbocycles. The molecule has 0 aromatic heterocycles. The number of nitrogens with one attached hydrogen (secondary N) is 3. The minimum Gasteiger partial charge on any atom is -0.497 e. The van der Waals surface area contributed by atoms with E-state index in [0.717, 1.165) is 24.3 Å². The van der Waals surface area contributed by atoms with Gasteiger partial charge in [0.05, 0.1) is 19.2 Å². The van der Waals surface area contributed by atoms with Crippen molar-refractivity contribution in [2.75, 3.05) is 13.7 Å². The SMILES string of the molecule is COc1cccc(C2CCNC3NC(=O)NC(=O)C32)c1. The number of methoxy groups -OCH3 is 1. The van der Waals surface area contributed by atoms with Crippen molar-refractivity contribution in [3.05, 3.63) is 29.8 Å². The number of benzene rings is 1. The van der Waals surface area contributed by atoms with E-state index in [4.69, 9.17) is 4.74 Å². The van der Waals surface area contributed by atoms with Gasteiger partial charge < -0.3 is 10.1 Å². The highest BCUT2D eigenvalue weighted by Gasteiger charge is 2.43. The Morgan fingerprint density at radius 3 is 2.95 bits per heavy atom. The third kappa shape index (κ3) is 2.22. The molecule has 1 aromatic rings. The second-order valence-electron chi connectivity index (χ2n) is 5.09. The number of piperidine rings is 1. The van der Waals surface area contributed by atoms with Crippen LogP contribution in [-0.4, -0.2) is 31.8 Å². The molecule has 106 valence electrons. The molecule has 3 amide bonds. The third-order valence-electron chi connectivity index (χ3n) is 3.96. The highest BCUT2D eigenvalue weighted by Crippen LogP contribution is 2.35. The van der Waals surface area contributed by atoms with E-state index in [0.29, 0.717) is 0 Å². The fourth-order valence-electron chi connectivity index (χ4n) is 3.03. The molecule has 0 aliphatic carbocycles. The maximum Gasteiger partial charge on any atom is 0.322 e. The zero-order valence-electron chi connectivity index (χ0n) is 11.2. The van der Waals surface area contributed by atoms with Crippen molar-refractivity contribution >= 4 is 11.9 Å². The van der Waals surface area contributed by atoms with Gasteiger partial charge in [-0.25, -0.2) is 4.79 Å². The Balaban J connectivity index is 1.91. The molecule has 2 aliphatic heterocycles. The largest absolute Gasteiger partial charge is 0.497 e. The van der Waals surface area contributed by atoms with Gasteiger partial charge in [-0.3, -0.25) is 15.4 Å². The molecule has 0 radical (unpaired) electrons. The van der Waals surface area contributed by atoms with Crippen LogP contribution in [0.2, 0.25) is 0 Å². The van der Waals surface area contributed by atoms with Crippen LogP contribution in [0, 0.1) is 5.92 Å². The predicted octanol–water partition coefficient (Wildman–Crippen LogP) is 0.554. The van der Waals surface area contributed by atoms with Crippen molar-refractivity contribution in [2.45, 2.75) is 18.5 Å². The van der Waals surface area contributed by atoms with Gasteiger partial charge in [-0.15, -0.1) is 0 Å². The highest BCUT2D eigenvalue weighted by molar-refractivity contribution is 5.99. The smallest absolute Gasteiger partial charge is 0.322 e. The lowest BCUT2D eigenvalue weighted by atomic mass is 9.78. The van der Waals surface area contributed by atoms with Gasteiger partial charge in [0, 0.05) is 5.92 Å². The number of carbonyl (C=O) groups is 2. The van der Waals surface area contributed by atoms with Gasteiger partial charge in [0.25, 0.3) is 0 Å². The minimum absolute atomic E-state index is 0.0666. The quantitative estimate of drug-likeness (QED) is 0.736. The van der Waals surface area contributed by atoms with Crippen LogP contribution in [-0.2, 0) is 4.79 Å². The van der Waals surface area contributed by atoms with E-state index >= 15 is 0 Å². The fourth-order valence-corrected chi connectivity index (χ4v) is 3.03. The first-order valence-corrected chi connectivity index (χ1v) is 6.68. The van der Waals surface area contributed by atoms with Gasteiger partial charge in [-0.2, -0.15) is 0 Å². The molecular weight excluding hydrogens is 258 g/mol. The summed E-state index contributed by atoms with van der Waals surface area (Å²) in [4.78, 5) is 23.5. The predicted molar refractivity (Wildman–Crippen MR) is 72.3 cm³/mol. The molecule has 2 saturated heterocycles. The summed E-state index contributed by atoms with van der Waals surface area (Å²) < 4.78 is 5.24. The van der Waals surface area contributed by atoms with Crippen molar-refractivity contribution in [3.8, 4) is 5.75 Å². The average molecular weight is 275 g/mol. The van der Waals surface area contributed by atoms with Crippen molar-refractivity contribution in [1.29, 1.82) is 0 Å². The molecular formula is C14H17N3O3. The van der Waals surface area contributed by atoms with Crippen molar-refractivity contribution in [3.63, 3.8) is 0 Å². The summed E-state index contributed by atoms with van der Waals surface area (Å²) in [5.41, 5.74) is 1.06. The summed E-state index contributed by atoms with van der Waals surface area (Å²) in [6.07, 6.45) is 0.540. The lowest BCUT2D eigenvalue weighted by molar-refractivity contribution is -0.127. The van der Waals surface area contributed by atoms with Crippen LogP contribution in [0.15, 0.2) is 24.3 Å². The molecule has 2 fully saturated rings. The molecule has 3 N–H and O–H groups in total. The molecule has 0 saturated carbocycles. The molecule has 6 heteroatoms. The van der Waals surface area contributed by atoms with Gasteiger partial charge in [-0.1, -0.05) is 12.1 Å². The highest BCUT2D eigenvalue weighted by atomic mass is 16.5. The van der Waals surface area contributed by atoms with E-state index < -0.39 is 6.03 Å². The summed E-state index contributed by atoms with van der Waals surface area (Å²) >= 11 is 0. The first-order valence-electron chi connectivity index (χ1n) is 6.68. The van der Waals surface area contributed by atoms with E-state index in [1.165, 1.54) is 0 Å². The van der Waals surface area contributed by atoms with Crippen molar-refractivity contribution < 1.29 is 14.3 Å². The van der Waals surface area contributed by atoms with Crippen LogP contribution in [0.25, 0.3) is 0 Å². The standard InChI is InChI=1S/C14H17N3O3/c1-20-9-4-2-3-8(7-9)10-5-6-15-12-11(10)13(18)17-14(19)16-12/h2-4,7,10-12,15H,5-6H2,1H3,(H2,16,17,18,19). The zero-order valence-corrected chi connectivity index (χ0v) is 11.2. The number of hydrogen-bond acceptors (Lipinski definition) is 4. The molecule has 2 heterocycles. The lowest BCUT2D eigenvalue weighted by Gasteiger charge is -2.41. The first-order chi connectivity index (χ1) is 9.69. The van der Waals surface area contributed by atoms with Crippen LogP contribution in [0.1, 0.15) is 17.9 Å². The van der Waals surface area contributed by atoms with Crippen LogP contribution < -0.4 is 20.7 Å². The van der Waals surface area contributed by atoms with E-state index in [9.17, 15) is 9.59 Å². The van der Waals surface area contributed by atoms with Crippen LogP contribution in [0.4, 0.5) is 4.79 Å². The molecule has 0 spiro atoms. The molecule has 2 aliphatic rings. The minimum atomic E-state index is -0.435. The third-order valence-corrected chi connectivity index (χ3v) is 3.96.